The maximum Gasteiger partial charge on any atom is 0.251 e. The minimum Gasteiger partial charge on any atom is -0.493 e. The third-order valence-corrected chi connectivity index (χ3v) is 5.29. The molecule has 1 atom stereocenters. The summed E-state index contributed by atoms with van der Waals surface area (Å²) in [6, 6.07) is 4.89. The Kier molecular flexibility index (Phi) is 7.69. The summed E-state index contributed by atoms with van der Waals surface area (Å²) >= 11 is 0. The van der Waals surface area contributed by atoms with Crippen molar-refractivity contribution in [3.8, 4) is 11.5 Å². The van der Waals surface area contributed by atoms with Gasteiger partial charge in [0.1, 0.15) is 0 Å². The Labute approximate surface area is 167 Å². The summed E-state index contributed by atoms with van der Waals surface area (Å²) in [6.45, 7) is 9.15. The van der Waals surface area contributed by atoms with Gasteiger partial charge in [0.25, 0.3) is 5.91 Å². The average molecular weight is 392 g/mol. The van der Waals surface area contributed by atoms with Crippen LogP contribution in [-0.2, 0) is 4.79 Å². The number of benzene rings is 1. The van der Waals surface area contributed by atoms with Crippen molar-refractivity contribution in [1.82, 2.24) is 15.5 Å². The van der Waals surface area contributed by atoms with Crippen molar-refractivity contribution in [1.29, 1.82) is 0 Å². The first-order chi connectivity index (χ1) is 13.3. The van der Waals surface area contributed by atoms with Gasteiger partial charge in [0.2, 0.25) is 5.91 Å². The van der Waals surface area contributed by atoms with Gasteiger partial charge >= 0.3 is 0 Å². The van der Waals surface area contributed by atoms with E-state index in [1.54, 1.807) is 18.2 Å². The van der Waals surface area contributed by atoms with Crippen molar-refractivity contribution in [2.24, 2.45) is 5.92 Å². The SMILES string of the molecule is COc1ccc(C(=O)NCC(=O)NCC(C)(C)N2CCCC(C)C2)cc1OC. The molecule has 0 aliphatic carbocycles. The molecule has 0 spiro atoms. The maximum atomic E-state index is 12.3. The van der Waals surface area contributed by atoms with E-state index in [0.717, 1.165) is 13.1 Å². The van der Waals surface area contributed by atoms with E-state index in [-0.39, 0.29) is 23.9 Å². The molecule has 28 heavy (non-hydrogen) atoms. The number of amides is 2. The summed E-state index contributed by atoms with van der Waals surface area (Å²) in [4.78, 5) is 26.9. The van der Waals surface area contributed by atoms with Crippen molar-refractivity contribution in [2.45, 2.75) is 39.2 Å². The lowest BCUT2D eigenvalue weighted by molar-refractivity contribution is -0.120. The lowest BCUT2D eigenvalue weighted by Gasteiger charge is -2.43. The third-order valence-electron chi connectivity index (χ3n) is 5.29. The van der Waals surface area contributed by atoms with Crippen molar-refractivity contribution in [2.75, 3.05) is 40.4 Å². The number of hydrogen-bond acceptors (Lipinski definition) is 5. The van der Waals surface area contributed by atoms with Crippen LogP contribution >= 0.6 is 0 Å². The van der Waals surface area contributed by atoms with Crippen LogP contribution in [0.2, 0.25) is 0 Å². The molecule has 1 aliphatic heterocycles. The molecular weight excluding hydrogens is 358 g/mol. The number of nitrogens with zero attached hydrogens (tertiary/aromatic N) is 1. The van der Waals surface area contributed by atoms with E-state index in [1.165, 1.54) is 27.1 Å². The van der Waals surface area contributed by atoms with Crippen LogP contribution in [0, 0.1) is 5.92 Å². The number of hydrogen-bond donors (Lipinski definition) is 2. The Hall–Kier alpha value is -2.28. The topological polar surface area (TPSA) is 79.9 Å². The van der Waals surface area contributed by atoms with E-state index >= 15 is 0 Å². The van der Waals surface area contributed by atoms with Crippen molar-refractivity contribution < 1.29 is 19.1 Å². The second-order valence-corrected chi connectivity index (χ2v) is 8.04. The second-order valence-electron chi connectivity index (χ2n) is 8.04. The van der Waals surface area contributed by atoms with Gasteiger partial charge in [0, 0.05) is 24.2 Å². The molecule has 2 amide bonds. The van der Waals surface area contributed by atoms with Gasteiger partial charge in [-0.2, -0.15) is 0 Å². The molecule has 7 nitrogen and oxygen atoms in total. The number of methoxy groups -OCH3 is 2. The number of nitrogens with one attached hydrogen (secondary N) is 2. The molecule has 1 aliphatic rings. The van der Waals surface area contributed by atoms with E-state index in [4.69, 9.17) is 9.47 Å². The molecule has 0 saturated carbocycles. The van der Waals surface area contributed by atoms with Crippen LogP contribution in [-0.4, -0.2) is 62.7 Å². The molecule has 7 heteroatoms. The van der Waals surface area contributed by atoms with Gasteiger partial charge in [0.05, 0.1) is 20.8 Å². The zero-order valence-corrected chi connectivity index (χ0v) is 17.6. The van der Waals surface area contributed by atoms with Crippen molar-refractivity contribution >= 4 is 11.8 Å². The van der Waals surface area contributed by atoms with Crippen LogP contribution < -0.4 is 20.1 Å². The Morgan fingerprint density at radius 1 is 1.18 bits per heavy atom. The van der Waals surface area contributed by atoms with Crippen LogP contribution in [0.15, 0.2) is 18.2 Å². The molecule has 1 aromatic rings. The van der Waals surface area contributed by atoms with Gasteiger partial charge in [-0.1, -0.05) is 6.92 Å². The number of rotatable bonds is 8. The molecule has 1 aromatic carbocycles. The fourth-order valence-electron chi connectivity index (χ4n) is 3.47. The van der Waals surface area contributed by atoms with Gasteiger partial charge in [-0.25, -0.2) is 0 Å². The predicted molar refractivity (Wildman–Crippen MR) is 109 cm³/mol. The number of likely N-dealkylation sites (tertiary alicyclic amines) is 1. The quantitative estimate of drug-likeness (QED) is 0.709. The first-order valence-corrected chi connectivity index (χ1v) is 9.79. The molecular formula is C21H33N3O4. The van der Waals surface area contributed by atoms with Crippen LogP contribution in [0.1, 0.15) is 44.0 Å². The normalized spacial score (nSPS) is 17.7. The minimum absolute atomic E-state index is 0.0698. The third kappa shape index (κ3) is 5.86. The molecule has 1 unspecified atom stereocenters. The average Bonchev–Trinajstić information content (AvgIpc) is 2.69. The van der Waals surface area contributed by atoms with Gasteiger partial charge in [-0.3, -0.25) is 14.5 Å². The van der Waals surface area contributed by atoms with E-state index in [9.17, 15) is 9.59 Å². The van der Waals surface area contributed by atoms with Crippen LogP contribution in [0.4, 0.5) is 0 Å². The smallest absolute Gasteiger partial charge is 0.251 e. The van der Waals surface area contributed by atoms with E-state index in [1.807, 2.05) is 0 Å². The van der Waals surface area contributed by atoms with Crippen molar-refractivity contribution in [3.05, 3.63) is 23.8 Å². The Balaban J connectivity index is 1.82. The first kappa shape index (κ1) is 22.0. The molecule has 2 N–H and O–H groups in total. The highest BCUT2D eigenvalue weighted by atomic mass is 16.5. The second kappa shape index (κ2) is 9.78. The van der Waals surface area contributed by atoms with Gasteiger partial charge < -0.3 is 20.1 Å². The first-order valence-electron chi connectivity index (χ1n) is 9.79. The lowest BCUT2D eigenvalue weighted by atomic mass is 9.93. The van der Waals surface area contributed by atoms with Crippen LogP contribution in [0.5, 0.6) is 11.5 Å². The zero-order chi connectivity index (χ0) is 20.7. The Morgan fingerprint density at radius 2 is 1.89 bits per heavy atom. The predicted octanol–water partition coefficient (Wildman–Crippen LogP) is 2.06. The van der Waals surface area contributed by atoms with E-state index < -0.39 is 0 Å². The summed E-state index contributed by atoms with van der Waals surface area (Å²) in [5, 5.41) is 5.59. The number of carbonyl (C=O) groups excluding carboxylic acids is 2. The number of ether oxygens (including phenoxy) is 2. The molecule has 156 valence electrons. The highest BCUT2D eigenvalue weighted by Crippen LogP contribution is 2.27. The van der Waals surface area contributed by atoms with Crippen molar-refractivity contribution in [3.63, 3.8) is 0 Å². The minimum atomic E-state index is -0.333. The molecule has 0 bridgehead atoms. The molecule has 1 heterocycles. The maximum absolute atomic E-state index is 12.3. The van der Waals surface area contributed by atoms with Gasteiger partial charge in [-0.15, -0.1) is 0 Å². The monoisotopic (exact) mass is 391 g/mol. The molecule has 0 aromatic heterocycles. The van der Waals surface area contributed by atoms with Crippen LogP contribution in [0.25, 0.3) is 0 Å². The summed E-state index contributed by atoms with van der Waals surface area (Å²) in [6.07, 6.45) is 2.46. The fraction of sp³-hybridized carbons (Fsp3) is 0.619. The molecule has 1 fully saturated rings. The number of carbonyl (C=O) groups is 2. The highest BCUT2D eigenvalue weighted by Gasteiger charge is 2.30. The Morgan fingerprint density at radius 3 is 2.54 bits per heavy atom. The lowest BCUT2D eigenvalue weighted by Crippen LogP contribution is -2.55. The van der Waals surface area contributed by atoms with E-state index in [0.29, 0.717) is 29.5 Å². The summed E-state index contributed by atoms with van der Waals surface area (Å²) in [5.41, 5.74) is 0.297. The standard InChI is InChI=1S/C21H33N3O4/c1-15-7-6-10-24(13-15)21(2,3)14-23-19(25)12-22-20(26)16-8-9-17(27-4)18(11-16)28-5/h8-9,11,15H,6-7,10,12-14H2,1-5H3,(H,22,26)(H,23,25). The summed E-state index contributed by atoms with van der Waals surface area (Å²) in [7, 11) is 3.05. The number of piperidine rings is 1. The van der Waals surface area contributed by atoms with E-state index in [2.05, 4.69) is 36.3 Å². The van der Waals surface area contributed by atoms with Crippen LogP contribution in [0.3, 0.4) is 0 Å². The zero-order valence-electron chi connectivity index (χ0n) is 17.6. The Bertz CT molecular complexity index is 690. The summed E-state index contributed by atoms with van der Waals surface area (Å²) < 4.78 is 10.4. The van der Waals surface area contributed by atoms with Gasteiger partial charge in [-0.05, 0) is 57.4 Å². The summed E-state index contributed by atoms with van der Waals surface area (Å²) in [5.74, 6) is 1.17. The molecule has 1 saturated heterocycles. The highest BCUT2D eigenvalue weighted by molar-refractivity contribution is 5.97. The fourth-order valence-corrected chi connectivity index (χ4v) is 3.47. The molecule has 2 rings (SSSR count). The largest absolute Gasteiger partial charge is 0.493 e. The molecule has 0 radical (unpaired) electrons. The van der Waals surface area contributed by atoms with Gasteiger partial charge in [0.15, 0.2) is 11.5 Å².